The number of rotatable bonds is 6. The van der Waals surface area contributed by atoms with E-state index in [0.717, 1.165) is 5.56 Å². The van der Waals surface area contributed by atoms with Gasteiger partial charge in [-0.25, -0.2) is 0 Å². The number of amides is 3. The van der Waals surface area contributed by atoms with Crippen LogP contribution in [0.15, 0.2) is 42.5 Å². The molecule has 7 heteroatoms. The lowest BCUT2D eigenvalue weighted by Gasteiger charge is -2.35. The fourth-order valence-electron chi connectivity index (χ4n) is 3.62. The van der Waals surface area contributed by atoms with Crippen LogP contribution in [-0.4, -0.2) is 31.9 Å². The molecule has 0 bridgehead atoms. The summed E-state index contributed by atoms with van der Waals surface area (Å²) in [6.07, 6.45) is 1.38. The van der Waals surface area contributed by atoms with Gasteiger partial charge >= 0.3 is 0 Å². The van der Waals surface area contributed by atoms with Gasteiger partial charge in [0.1, 0.15) is 0 Å². The lowest BCUT2D eigenvalue weighted by Crippen LogP contribution is -2.51. The average molecular weight is 396 g/mol. The highest BCUT2D eigenvalue weighted by molar-refractivity contribution is 6.05. The van der Waals surface area contributed by atoms with Crippen LogP contribution < -0.4 is 20.1 Å². The molecule has 1 saturated heterocycles. The summed E-state index contributed by atoms with van der Waals surface area (Å²) in [7, 11) is 3.04. The Morgan fingerprint density at radius 2 is 1.76 bits per heavy atom. The van der Waals surface area contributed by atoms with E-state index in [0.29, 0.717) is 42.0 Å². The molecule has 3 amide bonds. The standard InChI is InChI=1S/C22H24N2O5/c1-4-22(12-11-19(25)24-21(22)27)15-6-8-16(9-7-15)23-20(26)14-5-10-17(28-2)18(13-14)29-3/h5-10,13H,4,11-12H2,1-3H3,(H,23,26)(H,24,25,27)/t22-/m0/s1. The summed E-state index contributed by atoms with van der Waals surface area (Å²) in [5.41, 5.74) is 1.14. The highest BCUT2D eigenvalue weighted by Crippen LogP contribution is 2.36. The molecule has 0 aliphatic carbocycles. The minimum atomic E-state index is -0.722. The first-order valence-electron chi connectivity index (χ1n) is 9.41. The Balaban J connectivity index is 1.78. The minimum absolute atomic E-state index is 0.238. The van der Waals surface area contributed by atoms with Gasteiger partial charge in [0.15, 0.2) is 11.5 Å². The maximum absolute atomic E-state index is 12.6. The van der Waals surface area contributed by atoms with Gasteiger partial charge in [0, 0.05) is 17.7 Å². The van der Waals surface area contributed by atoms with Crippen LogP contribution in [0.2, 0.25) is 0 Å². The number of ether oxygens (including phenoxy) is 2. The molecular weight excluding hydrogens is 372 g/mol. The topological polar surface area (TPSA) is 93.7 Å². The monoisotopic (exact) mass is 396 g/mol. The van der Waals surface area contributed by atoms with Crippen molar-refractivity contribution >= 4 is 23.4 Å². The van der Waals surface area contributed by atoms with E-state index in [-0.39, 0.29) is 17.7 Å². The smallest absolute Gasteiger partial charge is 0.255 e. The Hall–Kier alpha value is -3.35. The normalized spacial score (nSPS) is 18.7. The van der Waals surface area contributed by atoms with Gasteiger partial charge in [-0.3, -0.25) is 19.7 Å². The second-order valence-corrected chi connectivity index (χ2v) is 6.91. The summed E-state index contributed by atoms with van der Waals surface area (Å²) in [5, 5.41) is 5.27. The van der Waals surface area contributed by atoms with Gasteiger partial charge in [0.05, 0.1) is 19.6 Å². The zero-order chi connectivity index (χ0) is 21.0. The number of hydrogen-bond donors (Lipinski definition) is 2. The molecule has 3 rings (SSSR count). The Morgan fingerprint density at radius 1 is 1.07 bits per heavy atom. The van der Waals surface area contributed by atoms with Crippen molar-refractivity contribution in [2.24, 2.45) is 0 Å². The number of carbonyl (C=O) groups excluding carboxylic acids is 3. The van der Waals surface area contributed by atoms with E-state index in [9.17, 15) is 14.4 Å². The lowest BCUT2D eigenvalue weighted by atomic mass is 9.72. The highest BCUT2D eigenvalue weighted by atomic mass is 16.5. The third kappa shape index (κ3) is 3.94. The summed E-state index contributed by atoms with van der Waals surface area (Å²) >= 11 is 0. The van der Waals surface area contributed by atoms with Gasteiger partial charge in [0.25, 0.3) is 5.91 Å². The molecule has 1 fully saturated rings. The van der Waals surface area contributed by atoms with Crippen LogP contribution in [0.1, 0.15) is 42.1 Å². The number of benzene rings is 2. The van der Waals surface area contributed by atoms with Crippen LogP contribution in [-0.2, 0) is 15.0 Å². The zero-order valence-corrected chi connectivity index (χ0v) is 16.7. The van der Waals surface area contributed by atoms with E-state index in [2.05, 4.69) is 10.6 Å². The van der Waals surface area contributed by atoms with Gasteiger partial charge < -0.3 is 14.8 Å². The quantitative estimate of drug-likeness (QED) is 0.732. The lowest BCUT2D eigenvalue weighted by molar-refractivity contribution is -0.138. The summed E-state index contributed by atoms with van der Waals surface area (Å²) in [6.45, 7) is 1.93. The molecule has 152 valence electrons. The highest BCUT2D eigenvalue weighted by Gasteiger charge is 2.42. The number of imide groups is 1. The molecule has 2 N–H and O–H groups in total. The average Bonchev–Trinajstić information content (AvgIpc) is 2.74. The van der Waals surface area contributed by atoms with Crippen molar-refractivity contribution in [3.05, 3.63) is 53.6 Å². The molecule has 29 heavy (non-hydrogen) atoms. The molecule has 1 aliphatic rings. The number of piperidine rings is 1. The number of methoxy groups -OCH3 is 2. The van der Waals surface area contributed by atoms with Gasteiger partial charge in [-0.1, -0.05) is 19.1 Å². The molecule has 0 unspecified atom stereocenters. The number of hydrogen-bond acceptors (Lipinski definition) is 5. The van der Waals surface area contributed by atoms with Crippen molar-refractivity contribution in [3.63, 3.8) is 0 Å². The Kier molecular flexibility index (Phi) is 5.87. The maximum atomic E-state index is 12.6. The molecule has 1 aliphatic heterocycles. The second-order valence-electron chi connectivity index (χ2n) is 6.91. The van der Waals surface area contributed by atoms with Crippen molar-refractivity contribution in [1.29, 1.82) is 0 Å². The fraction of sp³-hybridized carbons (Fsp3) is 0.318. The minimum Gasteiger partial charge on any atom is -0.493 e. The predicted octanol–water partition coefficient (Wildman–Crippen LogP) is 3.04. The number of carbonyl (C=O) groups is 3. The van der Waals surface area contributed by atoms with E-state index in [4.69, 9.17) is 9.47 Å². The SMILES string of the molecule is CC[C@@]1(c2ccc(NC(=O)c3ccc(OC)c(OC)c3)cc2)CCC(=O)NC1=O. The Bertz CT molecular complexity index is 939. The second kappa shape index (κ2) is 8.34. The molecule has 2 aromatic carbocycles. The molecular formula is C22H24N2O5. The van der Waals surface area contributed by atoms with E-state index in [1.165, 1.54) is 14.2 Å². The van der Waals surface area contributed by atoms with Crippen LogP contribution >= 0.6 is 0 Å². The molecule has 0 radical (unpaired) electrons. The van der Waals surface area contributed by atoms with E-state index >= 15 is 0 Å². The molecule has 0 spiro atoms. The molecule has 1 atom stereocenters. The Labute approximate surface area is 169 Å². The largest absolute Gasteiger partial charge is 0.493 e. The van der Waals surface area contributed by atoms with Crippen LogP contribution in [0.25, 0.3) is 0 Å². The van der Waals surface area contributed by atoms with Crippen molar-refractivity contribution in [3.8, 4) is 11.5 Å². The summed E-state index contributed by atoms with van der Waals surface area (Å²) < 4.78 is 10.4. The number of anilines is 1. The van der Waals surface area contributed by atoms with Crippen molar-refractivity contribution in [2.45, 2.75) is 31.6 Å². The van der Waals surface area contributed by atoms with Crippen LogP contribution in [0.3, 0.4) is 0 Å². The van der Waals surface area contributed by atoms with Gasteiger partial charge in [0.2, 0.25) is 11.8 Å². The molecule has 0 aromatic heterocycles. The van der Waals surface area contributed by atoms with Gasteiger partial charge in [-0.15, -0.1) is 0 Å². The van der Waals surface area contributed by atoms with Crippen LogP contribution in [0.5, 0.6) is 11.5 Å². The fourth-order valence-corrected chi connectivity index (χ4v) is 3.62. The predicted molar refractivity (Wildman–Crippen MR) is 108 cm³/mol. The van der Waals surface area contributed by atoms with Crippen molar-refractivity contribution < 1.29 is 23.9 Å². The van der Waals surface area contributed by atoms with E-state index in [1.807, 2.05) is 19.1 Å². The molecule has 0 saturated carbocycles. The van der Waals surface area contributed by atoms with Gasteiger partial charge in [-0.05, 0) is 48.7 Å². The van der Waals surface area contributed by atoms with E-state index < -0.39 is 5.41 Å². The van der Waals surface area contributed by atoms with Gasteiger partial charge in [-0.2, -0.15) is 0 Å². The maximum Gasteiger partial charge on any atom is 0.255 e. The summed E-state index contributed by atoms with van der Waals surface area (Å²) in [6, 6.07) is 12.1. The first-order valence-corrected chi connectivity index (χ1v) is 9.41. The third-order valence-electron chi connectivity index (χ3n) is 5.41. The molecule has 1 heterocycles. The summed E-state index contributed by atoms with van der Waals surface area (Å²) in [5.74, 6) is 0.224. The third-order valence-corrected chi connectivity index (χ3v) is 5.41. The Morgan fingerprint density at radius 3 is 2.34 bits per heavy atom. The number of nitrogens with one attached hydrogen (secondary N) is 2. The molecule has 7 nitrogen and oxygen atoms in total. The summed E-state index contributed by atoms with van der Waals surface area (Å²) in [4.78, 5) is 36.6. The molecule has 2 aromatic rings. The first kappa shape index (κ1) is 20.4. The van der Waals surface area contributed by atoms with Crippen molar-refractivity contribution in [1.82, 2.24) is 5.32 Å². The van der Waals surface area contributed by atoms with Crippen LogP contribution in [0, 0.1) is 0 Å². The van der Waals surface area contributed by atoms with E-state index in [1.54, 1.807) is 30.3 Å². The van der Waals surface area contributed by atoms with Crippen LogP contribution in [0.4, 0.5) is 5.69 Å². The zero-order valence-electron chi connectivity index (χ0n) is 16.7. The first-order chi connectivity index (χ1) is 13.9. The van der Waals surface area contributed by atoms with Crippen molar-refractivity contribution in [2.75, 3.05) is 19.5 Å².